The molecular weight excluding hydrogens is 405 g/mol. The minimum atomic E-state index is -4.46. The number of amides is 1. The van der Waals surface area contributed by atoms with Crippen LogP contribution in [0.25, 0.3) is 0 Å². The molecule has 6 nitrogen and oxygen atoms in total. The zero-order valence-electron chi connectivity index (χ0n) is 15.1. The van der Waals surface area contributed by atoms with Crippen LogP contribution in [0.4, 0.5) is 18.9 Å². The molecule has 29 heavy (non-hydrogen) atoms. The summed E-state index contributed by atoms with van der Waals surface area (Å²) < 4.78 is 45.7. The van der Waals surface area contributed by atoms with E-state index in [2.05, 4.69) is 15.5 Å². The summed E-state index contributed by atoms with van der Waals surface area (Å²) in [6, 6.07) is 8.20. The van der Waals surface area contributed by atoms with E-state index in [1.54, 1.807) is 12.3 Å². The summed E-state index contributed by atoms with van der Waals surface area (Å²) in [4.78, 5) is 12.2. The lowest BCUT2D eigenvalue weighted by atomic mass is 10.2. The average molecular weight is 422 g/mol. The van der Waals surface area contributed by atoms with Gasteiger partial charge in [-0.1, -0.05) is 17.8 Å². The molecule has 1 aromatic carbocycles. The Hall–Kier alpha value is -2.75. The minimum Gasteiger partial charge on any atom is -0.467 e. The molecule has 1 aliphatic rings. The van der Waals surface area contributed by atoms with Crippen molar-refractivity contribution in [2.45, 2.75) is 36.6 Å². The number of halogens is 3. The molecule has 0 aliphatic heterocycles. The van der Waals surface area contributed by atoms with Gasteiger partial charge in [0.05, 0.1) is 24.1 Å². The normalized spacial score (nSPS) is 14.2. The van der Waals surface area contributed by atoms with Gasteiger partial charge in [-0.15, -0.1) is 10.2 Å². The van der Waals surface area contributed by atoms with E-state index in [9.17, 15) is 18.0 Å². The quantitative estimate of drug-likeness (QED) is 0.566. The van der Waals surface area contributed by atoms with Crippen molar-refractivity contribution in [1.82, 2.24) is 14.8 Å². The number of nitrogens with one attached hydrogen (secondary N) is 1. The van der Waals surface area contributed by atoms with Gasteiger partial charge in [-0.3, -0.25) is 9.36 Å². The fourth-order valence-electron chi connectivity index (χ4n) is 2.86. The molecule has 2 aromatic heterocycles. The molecule has 0 bridgehead atoms. The lowest BCUT2D eigenvalue weighted by Gasteiger charge is -2.10. The molecule has 10 heteroatoms. The summed E-state index contributed by atoms with van der Waals surface area (Å²) in [5.41, 5.74) is -0.712. The highest BCUT2D eigenvalue weighted by Gasteiger charge is 2.31. The molecule has 0 saturated heterocycles. The maximum absolute atomic E-state index is 12.8. The van der Waals surface area contributed by atoms with Crippen LogP contribution in [-0.2, 0) is 17.5 Å². The molecule has 1 saturated carbocycles. The first kappa shape index (κ1) is 19.6. The number of rotatable bonds is 7. The molecule has 4 rings (SSSR count). The second kappa shape index (κ2) is 7.94. The van der Waals surface area contributed by atoms with Crippen LogP contribution in [0.2, 0.25) is 0 Å². The van der Waals surface area contributed by atoms with Gasteiger partial charge in [0.2, 0.25) is 5.91 Å². The lowest BCUT2D eigenvalue weighted by molar-refractivity contribution is -0.137. The number of furan rings is 1. The van der Waals surface area contributed by atoms with Crippen LogP contribution in [0, 0.1) is 0 Å². The molecule has 1 aliphatic carbocycles. The van der Waals surface area contributed by atoms with Gasteiger partial charge in [0.15, 0.2) is 5.16 Å². The molecular formula is C19H17F3N4O2S. The lowest BCUT2D eigenvalue weighted by Crippen LogP contribution is -2.15. The van der Waals surface area contributed by atoms with Crippen LogP contribution in [0.15, 0.2) is 52.2 Å². The monoisotopic (exact) mass is 422 g/mol. The molecule has 2 heterocycles. The van der Waals surface area contributed by atoms with E-state index >= 15 is 0 Å². The highest BCUT2D eigenvalue weighted by molar-refractivity contribution is 7.99. The van der Waals surface area contributed by atoms with Crippen LogP contribution in [0.1, 0.15) is 35.9 Å². The van der Waals surface area contributed by atoms with Gasteiger partial charge in [-0.2, -0.15) is 13.2 Å². The third kappa shape index (κ3) is 4.81. The molecule has 0 unspecified atom stereocenters. The largest absolute Gasteiger partial charge is 0.467 e. The van der Waals surface area contributed by atoms with Crippen molar-refractivity contribution in [2.75, 3.05) is 11.1 Å². The third-order valence-electron chi connectivity index (χ3n) is 4.39. The molecule has 0 atom stereocenters. The van der Waals surface area contributed by atoms with Crippen LogP contribution in [-0.4, -0.2) is 26.4 Å². The second-order valence-corrected chi connectivity index (χ2v) is 7.64. The van der Waals surface area contributed by atoms with E-state index in [4.69, 9.17) is 4.42 Å². The number of hydrogen-bond donors (Lipinski definition) is 1. The molecule has 3 aromatic rings. The van der Waals surface area contributed by atoms with Crippen LogP contribution in [0.3, 0.4) is 0 Å². The smallest absolute Gasteiger partial charge is 0.416 e. The molecule has 1 N–H and O–H groups in total. The number of anilines is 1. The Bertz CT molecular complexity index is 997. The van der Waals surface area contributed by atoms with Crippen molar-refractivity contribution in [1.29, 1.82) is 0 Å². The van der Waals surface area contributed by atoms with E-state index in [1.165, 1.54) is 23.9 Å². The number of hydrogen-bond acceptors (Lipinski definition) is 5. The first-order chi connectivity index (χ1) is 13.9. The number of thioether (sulfide) groups is 1. The predicted molar refractivity (Wildman–Crippen MR) is 101 cm³/mol. The van der Waals surface area contributed by atoms with Crippen LogP contribution in [0.5, 0.6) is 0 Å². The van der Waals surface area contributed by atoms with Gasteiger partial charge in [0.25, 0.3) is 0 Å². The Morgan fingerprint density at radius 2 is 2.07 bits per heavy atom. The van der Waals surface area contributed by atoms with Crippen molar-refractivity contribution in [3.05, 3.63) is 59.8 Å². The molecule has 152 valence electrons. The Morgan fingerprint density at radius 3 is 2.76 bits per heavy atom. The van der Waals surface area contributed by atoms with Gasteiger partial charge in [-0.05, 0) is 43.2 Å². The molecule has 1 fully saturated rings. The standard InChI is InChI=1S/C19H17F3N4O2S/c20-19(21,22)13-3-1-4-14(9-13)23-16(27)11-29-18-25-24-17(12-6-7-12)26(18)10-15-5-2-8-28-15/h1-5,8-9,12H,6-7,10-11H2,(H,23,27). The Kier molecular flexibility index (Phi) is 5.35. The van der Waals surface area contributed by atoms with Crippen molar-refractivity contribution in [3.8, 4) is 0 Å². The van der Waals surface area contributed by atoms with E-state index in [0.29, 0.717) is 17.6 Å². The molecule has 0 spiro atoms. The maximum atomic E-state index is 12.8. The van der Waals surface area contributed by atoms with Crippen LogP contribution >= 0.6 is 11.8 Å². The number of aromatic nitrogens is 3. The van der Waals surface area contributed by atoms with Gasteiger partial charge >= 0.3 is 6.18 Å². The summed E-state index contributed by atoms with van der Waals surface area (Å²) >= 11 is 1.19. The number of carbonyl (C=O) groups excluding carboxylic acids is 1. The predicted octanol–water partition coefficient (Wildman–Crippen LogP) is 4.55. The number of nitrogens with zero attached hydrogens (tertiary/aromatic N) is 3. The summed E-state index contributed by atoms with van der Waals surface area (Å²) in [5.74, 6) is 1.56. The summed E-state index contributed by atoms with van der Waals surface area (Å²) in [6.45, 7) is 0.462. The maximum Gasteiger partial charge on any atom is 0.416 e. The highest BCUT2D eigenvalue weighted by atomic mass is 32.2. The Balaban J connectivity index is 1.42. The van der Waals surface area contributed by atoms with Crippen molar-refractivity contribution >= 4 is 23.4 Å². The number of benzene rings is 1. The second-order valence-electron chi connectivity index (χ2n) is 6.70. The van der Waals surface area contributed by atoms with Crippen molar-refractivity contribution < 1.29 is 22.4 Å². The van der Waals surface area contributed by atoms with Gasteiger partial charge in [0, 0.05) is 11.6 Å². The van der Waals surface area contributed by atoms with Crippen molar-refractivity contribution in [2.24, 2.45) is 0 Å². The third-order valence-corrected chi connectivity index (χ3v) is 5.35. The minimum absolute atomic E-state index is 0.00278. The zero-order chi connectivity index (χ0) is 20.4. The number of alkyl halides is 3. The van der Waals surface area contributed by atoms with Crippen molar-refractivity contribution in [3.63, 3.8) is 0 Å². The first-order valence-corrected chi connectivity index (χ1v) is 9.94. The Morgan fingerprint density at radius 1 is 1.24 bits per heavy atom. The fourth-order valence-corrected chi connectivity index (χ4v) is 3.60. The van der Waals surface area contributed by atoms with E-state index in [1.807, 2.05) is 10.6 Å². The Labute approximate surface area is 168 Å². The van der Waals surface area contributed by atoms with Crippen LogP contribution < -0.4 is 5.32 Å². The summed E-state index contributed by atoms with van der Waals surface area (Å²) in [6.07, 6.45) is -0.767. The number of carbonyl (C=O) groups is 1. The molecule has 0 radical (unpaired) electrons. The van der Waals surface area contributed by atoms with Gasteiger partial charge < -0.3 is 9.73 Å². The first-order valence-electron chi connectivity index (χ1n) is 8.95. The van der Waals surface area contributed by atoms with Gasteiger partial charge in [0.1, 0.15) is 11.6 Å². The van der Waals surface area contributed by atoms with E-state index in [-0.39, 0.29) is 11.4 Å². The highest BCUT2D eigenvalue weighted by Crippen LogP contribution is 2.40. The average Bonchev–Trinajstić information content (AvgIpc) is 3.24. The molecule has 1 amide bonds. The fraction of sp³-hybridized carbons (Fsp3) is 0.316. The van der Waals surface area contributed by atoms with E-state index < -0.39 is 17.6 Å². The SMILES string of the molecule is O=C(CSc1nnc(C2CC2)n1Cc1ccco1)Nc1cccc(C(F)(F)F)c1. The van der Waals surface area contributed by atoms with E-state index in [0.717, 1.165) is 36.6 Å². The van der Waals surface area contributed by atoms with Gasteiger partial charge in [-0.25, -0.2) is 0 Å². The zero-order valence-corrected chi connectivity index (χ0v) is 16.0. The topological polar surface area (TPSA) is 73.0 Å². The summed E-state index contributed by atoms with van der Waals surface area (Å²) in [5, 5.41) is 11.5. The summed E-state index contributed by atoms with van der Waals surface area (Å²) in [7, 11) is 0.